The molecule has 0 atom stereocenters. The standard InChI is InChI=1S/C10H5BrClNO3/c11-4-1-2-5(12)9-8(4)7(14)3-6(13-9)10(15)16/h1-3H,(H,13,14)(H,15,16). The van der Waals surface area contributed by atoms with E-state index in [4.69, 9.17) is 16.7 Å². The number of benzene rings is 1. The minimum Gasteiger partial charge on any atom is -0.477 e. The first kappa shape index (κ1) is 11.2. The van der Waals surface area contributed by atoms with Crippen LogP contribution in [0.1, 0.15) is 10.5 Å². The molecule has 0 saturated carbocycles. The average Bonchev–Trinajstić information content (AvgIpc) is 2.22. The van der Waals surface area contributed by atoms with E-state index in [1.807, 2.05) is 0 Å². The second-order valence-electron chi connectivity index (χ2n) is 3.13. The lowest BCUT2D eigenvalue weighted by atomic mass is 10.2. The van der Waals surface area contributed by atoms with Crippen LogP contribution in [0.15, 0.2) is 27.5 Å². The fourth-order valence-corrected chi connectivity index (χ4v) is 2.13. The van der Waals surface area contributed by atoms with Gasteiger partial charge >= 0.3 is 5.97 Å². The molecule has 1 aromatic carbocycles. The van der Waals surface area contributed by atoms with Crippen LogP contribution in [-0.2, 0) is 0 Å². The largest absolute Gasteiger partial charge is 0.477 e. The molecule has 0 radical (unpaired) electrons. The first-order valence-corrected chi connectivity index (χ1v) is 5.42. The maximum atomic E-state index is 11.7. The van der Waals surface area contributed by atoms with E-state index in [0.29, 0.717) is 20.4 Å². The summed E-state index contributed by atoms with van der Waals surface area (Å²) in [7, 11) is 0. The molecule has 0 aliphatic rings. The summed E-state index contributed by atoms with van der Waals surface area (Å²) in [4.78, 5) is 25.1. The molecule has 2 aromatic rings. The summed E-state index contributed by atoms with van der Waals surface area (Å²) < 4.78 is 0.574. The van der Waals surface area contributed by atoms with Crippen molar-refractivity contribution < 1.29 is 9.90 Å². The van der Waals surface area contributed by atoms with Crippen LogP contribution in [0, 0.1) is 0 Å². The van der Waals surface area contributed by atoms with Gasteiger partial charge in [0.25, 0.3) is 0 Å². The van der Waals surface area contributed by atoms with Gasteiger partial charge in [-0.2, -0.15) is 0 Å². The number of hydrogen-bond donors (Lipinski definition) is 2. The van der Waals surface area contributed by atoms with Gasteiger partial charge in [-0.1, -0.05) is 11.6 Å². The van der Waals surface area contributed by atoms with Crippen LogP contribution in [0.2, 0.25) is 5.02 Å². The van der Waals surface area contributed by atoms with Gasteiger partial charge in [-0.05, 0) is 28.1 Å². The van der Waals surface area contributed by atoms with Crippen LogP contribution in [-0.4, -0.2) is 16.1 Å². The van der Waals surface area contributed by atoms with Crippen LogP contribution in [0.5, 0.6) is 0 Å². The molecule has 0 aliphatic heterocycles. The first-order valence-electron chi connectivity index (χ1n) is 4.25. The fraction of sp³-hybridized carbons (Fsp3) is 0. The third-order valence-corrected chi connectivity index (χ3v) is 3.09. The molecule has 16 heavy (non-hydrogen) atoms. The van der Waals surface area contributed by atoms with Crippen molar-refractivity contribution in [2.75, 3.05) is 0 Å². The molecule has 0 bridgehead atoms. The highest BCUT2D eigenvalue weighted by Gasteiger charge is 2.12. The lowest BCUT2D eigenvalue weighted by Crippen LogP contribution is -2.10. The van der Waals surface area contributed by atoms with Gasteiger partial charge in [-0.3, -0.25) is 4.79 Å². The average molecular weight is 303 g/mol. The highest BCUT2D eigenvalue weighted by molar-refractivity contribution is 9.10. The number of aromatic carboxylic acids is 1. The normalized spacial score (nSPS) is 10.6. The molecule has 4 nitrogen and oxygen atoms in total. The Hall–Kier alpha value is -1.33. The number of carboxylic acid groups (broad SMARTS) is 1. The second-order valence-corrected chi connectivity index (χ2v) is 4.39. The predicted molar refractivity (Wildman–Crippen MR) is 64.2 cm³/mol. The number of pyridine rings is 1. The van der Waals surface area contributed by atoms with Crippen LogP contribution >= 0.6 is 27.5 Å². The molecule has 0 amide bonds. The Labute approximate surface area is 103 Å². The molecule has 0 spiro atoms. The summed E-state index contributed by atoms with van der Waals surface area (Å²) in [5.41, 5.74) is -0.251. The lowest BCUT2D eigenvalue weighted by Gasteiger charge is -2.04. The summed E-state index contributed by atoms with van der Waals surface area (Å²) in [5, 5.41) is 9.45. The molecule has 0 saturated heterocycles. The molecule has 82 valence electrons. The highest BCUT2D eigenvalue weighted by atomic mass is 79.9. The van der Waals surface area contributed by atoms with Crippen molar-refractivity contribution in [2.24, 2.45) is 0 Å². The number of halogens is 2. The summed E-state index contributed by atoms with van der Waals surface area (Å²) in [5.74, 6) is -1.20. The molecule has 0 aliphatic carbocycles. The Kier molecular flexibility index (Phi) is 2.73. The van der Waals surface area contributed by atoms with Gasteiger partial charge in [-0.15, -0.1) is 0 Å². The minimum atomic E-state index is -1.20. The topological polar surface area (TPSA) is 70.2 Å². The molecule has 2 N–H and O–H groups in total. The molecule has 0 unspecified atom stereocenters. The van der Waals surface area contributed by atoms with Gasteiger partial charge < -0.3 is 10.1 Å². The third kappa shape index (κ3) is 1.72. The van der Waals surface area contributed by atoms with Crippen molar-refractivity contribution in [3.63, 3.8) is 0 Å². The van der Waals surface area contributed by atoms with Gasteiger partial charge in [0.05, 0.1) is 15.9 Å². The van der Waals surface area contributed by atoms with Gasteiger partial charge in [0.1, 0.15) is 5.69 Å². The molecule has 2 rings (SSSR count). The Morgan fingerprint density at radius 1 is 1.44 bits per heavy atom. The Bertz CT molecular complexity index is 650. The highest BCUT2D eigenvalue weighted by Crippen LogP contribution is 2.26. The van der Waals surface area contributed by atoms with Crippen LogP contribution < -0.4 is 5.43 Å². The third-order valence-electron chi connectivity index (χ3n) is 2.12. The van der Waals surface area contributed by atoms with E-state index in [9.17, 15) is 9.59 Å². The maximum absolute atomic E-state index is 11.7. The molecule has 1 heterocycles. The Balaban J connectivity index is 2.98. The minimum absolute atomic E-state index is 0.183. The van der Waals surface area contributed by atoms with E-state index in [-0.39, 0.29) is 11.1 Å². The molecule has 0 fully saturated rings. The van der Waals surface area contributed by atoms with Crippen LogP contribution in [0.25, 0.3) is 10.9 Å². The van der Waals surface area contributed by atoms with E-state index in [1.54, 1.807) is 12.1 Å². The van der Waals surface area contributed by atoms with E-state index in [2.05, 4.69) is 20.9 Å². The maximum Gasteiger partial charge on any atom is 0.352 e. The summed E-state index contributed by atoms with van der Waals surface area (Å²) in [6.07, 6.45) is 0. The number of hydrogen-bond acceptors (Lipinski definition) is 2. The fourth-order valence-electron chi connectivity index (χ4n) is 1.40. The summed E-state index contributed by atoms with van der Waals surface area (Å²) >= 11 is 9.11. The molecule has 6 heteroatoms. The van der Waals surface area contributed by atoms with Gasteiger partial charge in [0, 0.05) is 10.5 Å². The number of H-pyrrole nitrogens is 1. The van der Waals surface area contributed by atoms with Crippen LogP contribution in [0.3, 0.4) is 0 Å². The molecular weight excluding hydrogens is 297 g/mol. The summed E-state index contributed by atoms with van der Waals surface area (Å²) in [6, 6.07) is 4.25. The number of fused-ring (bicyclic) bond motifs is 1. The second kappa shape index (κ2) is 3.92. The van der Waals surface area contributed by atoms with Crippen molar-refractivity contribution in [2.45, 2.75) is 0 Å². The summed E-state index contributed by atoms with van der Waals surface area (Å²) in [6.45, 7) is 0. The zero-order valence-corrected chi connectivity index (χ0v) is 10.1. The number of carbonyl (C=O) groups is 1. The van der Waals surface area contributed by atoms with E-state index in [0.717, 1.165) is 6.07 Å². The zero-order valence-electron chi connectivity index (χ0n) is 7.75. The smallest absolute Gasteiger partial charge is 0.352 e. The molecular formula is C10H5BrClNO3. The lowest BCUT2D eigenvalue weighted by molar-refractivity contribution is 0.0691. The zero-order chi connectivity index (χ0) is 11.9. The van der Waals surface area contributed by atoms with Crippen molar-refractivity contribution in [3.8, 4) is 0 Å². The first-order chi connectivity index (χ1) is 7.50. The Morgan fingerprint density at radius 3 is 2.75 bits per heavy atom. The predicted octanol–water partition coefficient (Wildman–Crippen LogP) is 2.64. The van der Waals surface area contributed by atoms with Gasteiger partial charge in [0.15, 0.2) is 5.43 Å². The van der Waals surface area contributed by atoms with Crippen molar-refractivity contribution in [1.82, 2.24) is 4.98 Å². The number of nitrogens with one attached hydrogen (secondary N) is 1. The van der Waals surface area contributed by atoms with Crippen LogP contribution in [0.4, 0.5) is 0 Å². The molecule has 1 aromatic heterocycles. The van der Waals surface area contributed by atoms with Gasteiger partial charge in [-0.25, -0.2) is 4.79 Å². The number of aromatic amines is 1. The van der Waals surface area contributed by atoms with Gasteiger partial charge in [0.2, 0.25) is 0 Å². The van der Waals surface area contributed by atoms with E-state index < -0.39 is 5.97 Å². The van der Waals surface area contributed by atoms with Crippen molar-refractivity contribution in [1.29, 1.82) is 0 Å². The quantitative estimate of drug-likeness (QED) is 0.851. The van der Waals surface area contributed by atoms with E-state index >= 15 is 0 Å². The van der Waals surface area contributed by atoms with Crippen molar-refractivity contribution >= 4 is 44.4 Å². The Morgan fingerprint density at radius 2 is 2.12 bits per heavy atom. The number of aromatic nitrogens is 1. The number of carboxylic acids is 1. The SMILES string of the molecule is O=C(O)c1cc(=O)c2c(Br)ccc(Cl)c2[nH]1. The number of rotatable bonds is 1. The van der Waals surface area contributed by atoms with Crippen molar-refractivity contribution in [3.05, 3.63) is 43.6 Å². The van der Waals surface area contributed by atoms with E-state index in [1.165, 1.54) is 0 Å². The monoisotopic (exact) mass is 301 g/mol.